The highest BCUT2D eigenvalue weighted by molar-refractivity contribution is 7.10. The van der Waals surface area contributed by atoms with E-state index in [4.69, 9.17) is 4.74 Å². The number of hydrogen-bond acceptors (Lipinski definition) is 6. The van der Waals surface area contributed by atoms with Gasteiger partial charge in [0.15, 0.2) is 0 Å². The molecule has 1 N–H and O–H groups in total. The quantitative estimate of drug-likeness (QED) is 0.502. The molecule has 36 heavy (non-hydrogen) atoms. The molecule has 1 saturated carbocycles. The number of ether oxygens (including phenoxy) is 1. The zero-order chi connectivity index (χ0) is 25.9. The number of carbonyl (C=O) groups excluding carboxylic acids is 3. The summed E-state index contributed by atoms with van der Waals surface area (Å²) in [6, 6.07) is 4.49. The van der Waals surface area contributed by atoms with Crippen molar-refractivity contribution in [1.82, 2.24) is 15.2 Å². The van der Waals surface area contributed by atoms with Gasteiger partial charge in [-0.15, -0.1) is 11.3 Å². The standard InChI is InChI=1S/C27H34FN3O4S/c1-27(2,3)35-26(34)30-22(17-8-5-4-6-9-17)25(33)31-15-7-10-21(31)24-29-20(16-36-24)23(32)18-11-13-19(28)14-12-18/h11-14,16-17,21-22H,4-10,15H2,1-3H3,(H,30,34)/t21-,22-/m0/s1. The van der Waals surface area contributed by atoms with Crippen molar-refractivity contribution in [3.63, 3.8) is 0 Å². The fourth-order valence-corrected chi connectivity index (χ4v) is 5.99. The zero-order valence-corrected chi connectivity index (χ0v) is 21.9. The van der Waals surface area contributed by atoms with Gasteiger partial charge in [-0.1, -0.05) is 19.3 Å². The van der Waals surface area contributed by atoms with Gasteiger partial charge in [-0.3, -0.25) is 9.59 Å². The molecule has 194 valence electrons. The molecule has 0 spiro atoms. The third kappa shape index (κ3) is 6.30. The summed E-state index contributed by atoms with van der Waals surface area (Å²) in [5, 5.41) is 5.28. The number of ketones is 1. The minimum Gasteiger partial charge on any atom is -0.444 e. The number of thiazole rings is 1. The SMILES string of the molecule is CC(C)(C)OC(=O)N[C@H](C(=O)N1CCC[C@H]1c1nc(C(=O)c2ccc(F)cc2)cs1)C1CCCCC1. The van der Waals surface area contributed by atoms with E-state index >= 15 is 0 Å². The number of rotatable bonds is 6. The van der Waals surface area contributed by atoms with Crippen molar-refractivity contribution in [3.8, 4) is 0 Å². The largest absolute Gasteiger partial charge is 0.444 e. The number of carbonyl (C=O) groups is 3. The van der Waals surface area contributed by atoms with Crippen LogP contribution >= 0.6 is 11.3 Å². The van der Waals surface area contributed by atoms with Crippen molar-refractivity contribution >= 4 is 29.1 Å². The van der Waals surface area contributed by atoms with E-state index in [9.17, 15) is 18.8 Å². The lowest BCUT2D eigenvalue weighted by atomic mass is 9.83. The molecule has 1 aromatic carbocycles. The molecule has 2 aromatic rings. The highest BCUT2D eigenvalue weighted by Crippen LogP contribution is 2.36. The molecule has 1 aliphatic heterocycles. The zero-order valence-electron chi connectivity index (χ0n) is 21.1. The number of likely N-dealkylation sites (tertiary alicyclic amines) is 1. The van der Waals surface area contributed by atoms with E-state index < -0.39 is 23.6 Å². The summed E-state index contributed by atoms with van der Waals surface area (Å²) in [5.74, 6) is -0.734. The van der Waals surface area contributed by atoms with Crippen LogP contribution in [0.2, 0.25) is 0 Å². The second-order valence-corrected chi connectivity index (χ2v) is 11.5. The van der Waals surface area contributed by atoms with Crippen LogP contribution in [0.15, 0.2) is 29.6 Å². The van der Waals surface area contributed by atoms with Crippen LogP contribution in [0.3, 0.4) is 0 Å². The van der Waals surface area contributed by atoms with Crippen LogP contribution in [0, 0.1) is 11.7 Å². The van der Waals surface area contributed by atoms with Crippen molar-refractivity contribution in [3.05, 3.63) is 51.7 Å². The maximum absolute atomic E-state index is 13.9. The highest BCUT2D eigenvalue weighted by Gasteiger charge is 2.40. The van der Waals surface area contributed by atoms with E-state index in [2.05, 4.69) is 10.3 Å². The number of aromatic nitrogens is 1. The number of hydrogen-bond donors (Lipinski definition) is 1. The first-order chi connectivity index (χ1) is 17.1. The predicted molar refractivity (Wildman–Crippen MR) is 135 cm³/mol. The Hall–Kier alpha value is -2.81. The molecular formula is C27H34FN3O4S. The highest BCUT2D eigenvalue weighted by atomic mass is 32.1. The van der Waals surface area contributed by atoms with Crippen LogP contribution in [0.5, 0.6) is 0 Å². The summed E-state index contributed by atoms with van der Waals surface area (Å²) in [4.78, 5) is 45.7. The van der Waals surface area contributed by atoms with Gasteiger partial charge >= 0.3 is 6.09 Å². The van der Waals surface area contributed by atoms with Crippen LogP contribution in [-0.4, -0.2) is 45.9 Å². The van der Waals surface area contributed by atoms with Crippen LogP contribution < -0.4 is 5.32 Å². The average molecular weight is 516 g/mol. The Morgan fingerprint density at radius 2 is 1.78 bits per heavy atom. The lowest BCUT2D eigenvalue weighted by molar-refractivity contribution is -0.136. The van der Waals surface area contributed by atoms with Crippen LogP contribution in [-0.2, 0) is 9.53 Å². The molecule has 0 unspecified atom stereocenters. The van der Waals surface area contributed by atoms with Crippen molar-refractivity contribution in [2.45, 2.75) is 83.4 Å². The Morgan fingerprint density at radius 1 is 1.08 bits per heavy atom. The summed E-state index contributed by atoms with van der Waals surface area (Å²) in [6.45, 7) is 5.97. The minimum absolute atomic E-state index is 0.0620. The lowest BCUT2D eigenvalue weighted by Crippen LogP contribution is -2.53. The van der Waals surface area contributed by atoms with Crippen molar-refractivity contribution < 1.29 is 23.5 Å². The van der Waals surface area contributed by atoms with Crippen molar-refractivity contribution in [1.29, 1.82) is 0 Å². The monoisotopic (exact) mass is 515 g/mol. The first-order valence-electron chi connectivity index (χ1n) is 12.7. The second kappa shape index (κ2) is 11.1. The van der Waals surface area contributed by atoms with Gasteiger partial charge in [0.25, 0.3) is 0 Å². The number of nitrogens with one attached hydrogen (secondary N) is 1. The maximum Gasteiger partial charge on any atom is 0.408 e. The van der Waals surface area contributed by atoms with Crippen molar-refractivity contribution in [2.24, 2.45) is 5.92 Å². The van der Waals surface area contributed by atoms with Gasteiger partial charge in [-0.25, -0.2) is 14.2 Å². The Balaban J connectivity index is 1.52. The minimum atomic E-state index is -0.658. The molecule has 2 heterocycles. The normalized spacial score (nSPS) is 19.7. The third-order valence-electron chi connectivity index (χ3n) is 6.74. The maximum atomic E-state index is 13.9. The van der Waals surface area contributed by atoms with E-state index in [1.807, 2.05) is 4.90 Å². The van der Waals surface area contributed by atoms with E-state index in [1.54, 1.807) is 26.2 Å². The number of nitrogens with zero attached hydrogens (tertiary/aromatic N) is 2. The van der Waals surface area contributed by atoms with Gasteiger partial charge in [0.05, 0.1) is 6.04 Å². The van der Waals surface area contributed by atoms with Crippen LogP contribution in [0.4, 0.5) is 9.18 Å². The summed E-state index contributed by atoms with van der Waals surface area (Å²) < 4.78 is 18.7. The van der Waals surface area contributed by atoms with Crippen molar-refractivity contribution in [2.75, 3.05) is 6.54 Å². The van der Waals surface area contributed by atoms with Gasteiger partial charge in [0, 0.05) is 17.5 Å². The van der Waals surface area contributed by atoms with E-state index in [-0.39, 0.29) is 29.3 Å². The first-order valence-corrected chi connectivity index (χ1v) is 13.6. The molecule has 4 rings (SSSR count). The van der Waals surface area contributed by atoms with E-state index in [0.29, 0.717) is 17.1 Å². The molecule has 2 atom stereocenters. The topological polar surface area (TPSA) is 88.6 Å². The molecule has 2 fully saturated rings. The predicted octanol–water partition coefficient (Wildman–Crippen LogP) is 5.65. The summed E-state index contributed by atoms with van der Waals surface area (Å²) in [5.41, 5.74) is -0.00227. The first kappa shape index (κ1) is 26.3. The fraction of sp³-hybridized carbons (Fsp3) is 0.556. The number of amides is 2. The molecule has 7 nitrogen and oxygen atoms in total. The smallest absolute Gasteiger partial charge is 0.408 e. The van der Waals surface area contributed by atoms with Gasteiger partial charge < -0.3 is 15.0 Å². The van der Waals surface area contributed by atoms with Gasteiger partial charge in [-0.05, 0) is 76.6 Å². The van der Waals surface area contributed by atoms with E-state index in [0.717, 1.165) is 44.9 Å². The molecule has 2 aliphatic rings. The lowest BCUT2D eigenvalue weighted by Gasteiger charge is -2.35. The molecule has 1 saturated heterocycles. The summed E-state index contributed by atoms with van der Waals surface area (Å²) in [6.07, 6.45) is 5.97. The second-order valence-electron chi connectivity index (χ2n) is 10.6. The summed E-state index contributed by atoms with van der Waals surface area (Å²) >= 11 is 1.35. The molecule has 1 aromatic heterocycles. The Labute approximate surface area is 215 Å². The summed E-state index contributed by atoms with van der Waals surface area (Å²) in [7, 11) is 0. The molecular weight excluding hydrogens is 481 g/mol. The number of benzene rings is 1. The average Bonchev–Trinajstić information content (AvgIpc) is 3.51. The molecule has 9 heteroatoms. The Morgan fingerprint density at radius 3 is 2.44 bits per heavy atom. The van der Waals surface area contributed by atoms with Gasteiger partial charge in [0.2, 0.25) is 11.7 Å². The third-order valence-corrected chi connectivity index (χ3v) is 7.69. The Bertz CT molecular complexity index is 1090. The molecule has 1 aliphatic carbocycles. The van der Waals surface area contributed by atoms with Crippen LogP contribution in [0.25, 0.3) is 0 Å². The molecule has 2 amide bonds. The fourth-order valence-electron chi connectivity index (χ4n) is 5.04. The van der Waals surface area contributed by atoms with Gasteiger partial charge in [0.1, 0.15) is 28.2 Å². The van der Waals surface area contributed by atoms with E-state index in [1.165, 1.54) is 35.6 Å². The molecule has 0 radical (unpaired) electrons. The Kier molecular flexibility index (Phi) is 8.07. The number of halogens is 1. The number of alkyl carbamates (subject to hydrolysis) is 1. The molecule has 0 bridgehead atoms. The van der Waals surface area contributed by atoms with Crippen LogP contribution in [0.1, 0.15) is 92.8 Å². The van der Waals surface area contributed by atoms with Gasteiger partial charge in [-0.2, -0.15) is 0 Å².